The van der Waals surface area contributed by atoms with E-state index in [9.17, 15) is 18.0 Å². The summed E-state index contributed by atoms with van der Waals surface area (Å²) in [4.78, 5) is 24.0. The van der Waals surface area contributed by atoms with Crippen molar-refractivity contribution in [2.75, 3.05) is 38.8 Å². The molecule has 206 valence electrons. The third-order valence-corrected chi connectivity index (χ3v) is 7.21. The molecule has 0 saturated heterocycles. The summed E-state index contributed by atoms with van der Waals surface area (Å²) in [7, 11) is 0.0350. The minimum absolute atomic E-state index is 0.0219. The number of benzene rings is 3. The highest BCUT2D eigenvalue weighted by molar-refractivity contribution is 7.92. The third kappa shape index (κ3) is 7.71. The van der Waals surface area contributed by atoms with Gasteiger partial charge in [-0.05, 0) is 61.0 Å². The number of esters is 1. The molecule has 0 aliphatic rings. The Hall–Kier alpha value is -4.58. The third-order valence-electron chi connectivity index (χ3n) is 5.42. The number of rotatable bonds is 12. The molecule has 3 aromatic carbocycles. The van der Waals surface area contributed by atoms with E-state index in [1.165, 1.54) is 51.8 Å². The molecule has 0 atom stereocenters. The van der Waals surface area contributed by atoms with Crippen molar-refractivity contribution < 1.29 is 37.0 Å². The van der Waals surface area contributed by atoms with Gasteiger partial charge in [-0.25, -0.2) is 18.6 Å². The van der Waals surface area contributed by atoms with Crippen LogP contribution in [0.4, 0.5) is 5.69 Å². The Morgan fingerprint density at radius 1 is 0.923 bits per heavy atom. The van der Waals surface area contributed by atoms with Crippen LogP contribution in [0.3, 0.4) is 0 Å². The van der Waals surface area contributed by atoms with Gasteiger partial charge in [-0.1, -0.05) is 17.7 Å². The summed E-state index contributed by atoms with van der Waals surface area (Å²) in [6.45, 7) is 1.07. The summed E-state index contributed by atoms with van der Waals surface area (Å²) in [5.74, 6) is -0.0145. The molecule has 12 heteroatoms. The Morgan fingerprint density at radius 3 is 2.21 bits per heavy atom. The molecule has 39 heavy (non-hydrogen) atoms. The lowest BCUT2D eigenvalue weighted by molar-refractivity contribution is -0.142. The number of sulfonamides is 1. The summed E-state index contributed by atoms with van der Waals surface area (Å²) in [6.07, 6.45) is 1.39. The van der Waals surface area contributed by atoms with Crippen molar-refractivity contribution in [2.24, 2.45) is 5.10 Å². The normalized spacial score (nSPS) is 11.1. The van der Waals surface area contributed by atoms with Crippen molar-refractivity contribution in [1.82, 2.24) is 5.43 Å². The van der Waals surface area contributed by atoms with Crippen LogP contribution in [0.15, 0.2) is 76.7 Å². The number of hydrazone groups is 1. The van der Waals surface area contributed by atoms with E-state index in [0.29, 0.717) is 22.8 Å². The molecule has 3 rings (SSSR count). The quantitative estimate of drug-likeness (QED) is 0.205. The lowest BCUT2D eigenvalue weighted by Gasteiger charge is -2.24. The number of hydrogen-bond donors (Lipinski definition) is 1. The van der Waals surface area contributed by atoms with E-state index in [1.54, 1.807) is 42.5 Å². The Balaban J connectivity index is 1.78. The molecule has 0 unspecified atom stereocenters. The molecule has 0 aliphatic carbocycles. The molecular weight excluding hydrogens is 526 g/mol. The number of hydrogen-bond acceptors (Lipinski definition) is 9. The van der Waals surface area contributed by atoms with Crippen LogP contribution >= 0.6 is 0 Å². The van der Waals surface area contributed by atoms with Gasteiger partial charge in [0.05, 0.1) is 38.1 Å². The average Bonchev–Trinajstić information content (AvgIpc) is 2.95. The largest absolute Gasteiger partial charge is 0.493 e. The standard InChI is InChI=1S/C27H29N3O8S/c1-19-5-12-23(13-6-19)39(33,34)30(21-9-14-24(35-2)25(15-21)36-3)17-26(31)29-28-16-20-7-10-22(11-8-20)38-18-27(32)37-4/h5-16H,17-18H2,1-4H3,(H,29,31)/b28-16+. The number of anilines is 1. The van der Waals surface area contributed by atoms with Crippen molar-refractivity contribution >= 4 is 33.8 Å². The fourth-order valence-electron chi connectivity index (χ4n) is 3.33. The van der Waals surface area contributed by atoms with Crippen molar-refractivity contribution in [1.29, 1.82) is 0 Å². The maximum Gasteiger partial charge on any atom is 0.343 e. The zero-order valence-electron chi connectivity index (χ0n) is 21.9. The summed E-state index contributed by atoms with van der Waals surface area (Å²) >= 11 is 0. The molecule has 0 aromatic heterocycles. The average molecular weight is 556 g/mol. The van der Waals surface area contributed by atoms with E-state index in [2.05, 4.69) is 15.3 Å². The van der Waals surface area contributed by atoms with Gasteiger partial charge in [0.1, 0.15) is 12.3 Å². The molecule has 0 fully saturated rings. The van der Waals surface area contributed by atoms with Crippen LogP contribution in [0.5, 0.6) is 17.2 Å². The first kappa shape index (κ1) is 29.0. The number of nitrogens with zero attached hydrogens (tertiary/aromatic N) is 2. The molecule has 3 aromatic rings. The van der Waals surface area contributed by atoms with Gasteiger partial charge in [0, 0.05) is 6.07 Å². The van der Waals surface area contributed by atoms with Gasteiger partial charge in [-0.15, -0.1) is 0 Å². The highest BCUT2D eigenvalue weighted by atomic mass is 32.2. The molecule has 0 radical (unpaired) electrons. The fraction of sp³-hybridized carbons (Fsp3) is 0.222. The van der Waals surface area contributed by atoms with E-state index < -0.39 is 28.4 Å². The van der Waals surface area contributed by atoms with Gasteiger partial charge in [0.25, 0.3) is 15.9 Å². The molecular formula is C27H29N3O8S. The second kappa shape index (κ2) is 13.3. The molecule has 0 aliphatic heterocycles. The summed E-state index contributed by atoms with van der Waals surface area (Å²) in [5.41, 5.74) is 4.08. The monoisotopic (exact) mass is 555 g/mol. The highest BCUT2D eigenvalue weighted by Gasteiger charge is 2.28. The summed E-state index contributed by atoms with van der Waals surface area (Å²) < 4.78 is 48.5. The number of amides is 1. The number of ether oxygens (including phenoxy) is 4. The maximum atomic E-state index is 13.6. The molecule has 0 bridgehead atoms. The Morgan fingerprint density at radius 2 is 1.59 bits per heavy atom. The van der Waals surface area contributed by atoms with Gasteiger partial charge in [-0.3, -0.25) is 9.10 Å². The van der Waals surface area contributed by atoms with E-state index in [-0.39, 0.29) is 17.2 Å². The molecule has 11 nitrogen and oxygen atoms in total. The van der Waals surface area contributed by atoms with E-state index in [1.807, 2.05) is 6.92 Å². The molecule has 1 N–H and O–H groups in total. The minimum atomic E-state index is -4.13. The molecule has 0 heterocycles. The highest BCUT2D eigenvalue weighted by Crippen LogP contribution is 2.33. The zero-order chi connectivity index (χ0) is 28.4. The van der Waals surface area contributed by atoms with Crippen LogP contribution in [0.25, 0.3) is 0 Å². The van der Waals surface area contributed by atoms with Crippen molar-refractivity contribution in [2.45, 2.75) is 11.8 Å². The van der Waals surface area contributed by atoms with Crippen LogP contribution in [0.2, 0.25) is 0 Å². The number of methoxy groups -OCH3 is 3. The van der Waals surface area contributed by atoms with Crippen LogP contribution in [-0.4, -0.2) is 61.0 Å². The van der Waals surface area contributed by atoms with Crippen LogP contribution in [0.1, 0.15) is 11.1 Å². The Labute approximate surface area is 227 Å². The first-order valence-electron chi connectivity index (χ1n) is 11.6. The summed E-state index contributed by atoms with van der Waals surface area (Å²) in [5, 5.41) is 3.93. The van der Waals surface area contributed by atoms with E-state index >= 15 is 0 Å². The molecule has 0 saturated carbocycles. The van der Waals surface area contributed by atoms with Crippen molar-refractivity contribution in [3.05, 3.63) is 77.9 Å². The minimum Gasteiger partial charge on any atom is -0.493 e. The summed E-state index contributed by atoms with van der Waals surface area (Å²) in [6, 6.07) is 17.4. The van der Waals surface area contributed by atoms with Crippen LogP contribution in [-0.2, 0) is 24.3 Å². The molecule has 1 amide bonds. The number of carbonyl (C=O) groups is 2. The Kier molecular flexibility index (Phi) is 9.87. The van der Waals surface area contributed by atoms with E-state index in [4.69, 9.17) is 14.2 Å². The van der Waals surface area contributed by atoms with Crippen LogP contribution in [0, 0.1) is 6.92 Å². The lowest BCUT2D eigenvalue weighted by atomic mass is 10.2. The van der Waals surface area contributed by atoms with Crippen molar-refractivity contribution in [3.8, 4) is 17.2 Å². The van der Waals surface area contributed by atoms with Crippen molar-refractivity contribution in [3.63, 3.8) is 0 Å². The van der Waals surface area contributed by atoms with Crippen LogP contribution < -0.4 is 23.9 Å². The Bertz CT molecular complexity index is 1420. The second-order valence-corrected chi connectivity index (χ2v) is 9.95. The lowest BCUT2D eigenvalue weighted by Crippen LogP contribution is -2.39. The maximum absolute atomic E-state index is 13.6. The number of aryl methyl sites for hydroxylation is 1. The number of nitrogens with one attached hydrogen (secondary N) is 1. The first-order chi connectivity index (χ1) is 18.7. The smallest absolute Gasteiger partial charge is 0.343 e. The molecule has 0 spiro atoms. The predicted octanol–water partition coefficient (Wildman–Crippen LogP) is 2.91. The first-order valence-corrected chi connectivity index (χ1v) is 13.0. The van der Waals surface area contributed by atoms with Gasteiger partial charge in [0.2, 0.25) is 0 Å². The van der Waals surface area contributed by atoms with Gasteiger partial charge in [-0.2, -0.15) is 5.10 Å². The SMILES string of the molecule is COC(=O)COc1ccc(/C=N/NC(=O)CN(c2ccc(OC)c(OC)c2)S(=O)(=O)c2ccc(C)cc2)cc1. The number of carbonyl (C=O) groups excluding carboxylic acids is 2. The topological polar surface area (TPSA) is 133 Å². The zero-order valence-corrected chi connectivity index (χ0v) is 22.7. The second-order valence-electron chi connectivity index (χ2n) is 8.09. The van der Waals surface area contributed by atoms with E-state index in [0.717, 1.165) is 9.87 Å². The van der Waals surface area contributed by atoms with Gasteiger partial charge in [0.15, 0.2) is 18.1 Å². The fourth-order valence-corrected chi connectivity index (χ4v) is 4.74. The predicted molar refractivity (Wildman–Crippen MR) is 145 cm³/mol. The van der Waals surface area contributed by atoms with Gasteiger partial charge < -0.3 is 18.9 Å². The van der Waals surface area contributed by atoms with Gasteiger partial charge >= 0.3 is 5.97 Å².